The minimum absolute atomic E-state index is 0.00973. The lowest BCUT2D eigenvalue weighted by Crippen LogP contribution is -2.49. The van der Waals surface area contributed by atoms with Gasteiger partial charge in [-0.3, -0.25) is 14.4 Å². The number of aliphatic hydroxyl groups is 1. The zero-order valence-electron chi connectivity index (χ0n) is 22.4. The molecule has 0 saturated carbocycles. The maximum absolute atomic E-state index is 15.1. The Hall–Kier alpha value is -4.03. The van der Waals surface area contributed by atoms with E-state index in [0.717, 1.165) is 30.4 Å². The summed E-state index contributed by atoms with van der Waals surface area (Å²) in [5.74, 6) is -0.796. The molecule has 0 spiro atoms. The Balaban J connectivity index is 1.18. The highest BCUT2D eigenvalue weighted by Crippen LogP contribution is 2.40. The summed E-state index contributed by atoms with van der Waals surface area (Å²) in [6, 6.07) is 6.74. The number of aromatic nitrogens is 5. The van der Waals surface area contributed by atoms with Crippen LogP contribution in [0.2, 0.25) is 0 Å². The standard InChI is InChI=1S/C28H30F2N8O2/c1-28(2)5-6-38-26(28)19-11-18(12-20(29)25(19)35-38)24-21(30)14-32-27(34-24)33-22-4-3-17(13-31-22)15-36-7-9-37(10-8-36)23(40)16-39/h3-4,11-14,39H,5-10,15-16H2,1-2H3,(H,31,32,33,34). The molecule has 0 radical (unpaired) electrons. The van der Waals surface area contributed by atoms with Crippen LogP contribution in [0, 0.1) is 11.6 Å². The van der Waals surface area contributed by atoms with Crippen LogP contribution in [0.5, 0.6) is 0 Å². The molecule has 2 aliphatic heterocycles. The first-order chi connectivity index (χ1) is 19.2. The highest BCUT2D eigenvalue weighted by Gasteiger charge is 2.34. The highest BCUT2D eigenvalue weighted by molar-refractivity contribution is 5.88. The van der Waals surface area contributed by atoms with Gasteiger partial charge in [0.1, 0.15) is 23.6 Å². The number of pyridine rings is 1. The first-order valence-corrected chi connectivity index (χ1v) is 13.3. The number of fused-ring (bicyclic) bond motifs is 3. The smallest absolute Gasteiger partial charge is 0.248 e. The summed E-state index contributed by atoms with van der Waals surface area (Å²) in [6.45, 7) is 7.71. The second kappa shape index (κ2) is 10.2. The Morgan fingerprint density at radius 1 is 1.05 bits per heavy atom. The highest BCUT2D eigenvalue weighted by atomic mass is 19.1. The molecule has 0 aliphatic carbocycles. The van der Waals surface area contributed by atoms with Crippen molar-refractivity contribution in [1.82, 2.24) is 34.5 Å². The van der Waals surface area contributed by atoms with Gasteiger partial charge in [-0.05, 0) is 30.2 Å². The third-order valence-electron chi connectivity index (χ3n) is 7.74. The number of piperazine rings is 1. The van der Waals surface area contributed by atoms with E-state index in [9.17, 15) is 9.18 Å². The predicted molar refractivity (Wildman–Crippen MR) is 145 cm³/mol. The molecule has 208 valence electrons. The van der Waals surface area contributed by atoms with Crippen LogP contribution in [0.1, 0.15) is 31.5 Å². The molecule has 1 saturated heterocycles. The van der Waals surface area contributed by atoms with Gasteiger partial charge >= 0.3 is 0 Å². The number of rotatable bonds is 6. The van der Waals surface area contributed by atoms with Gasteiger partial charge in [0.15, 0.2) is 11.6 Å². The first-order valence-electron chi connectivity index (χ1n) is 13.3. The minimum Gasteiger partial charge on any atom is -0.387 e. The van der Waals surface area contributed by atoms with Crippen molar-refractivity contribution >= 4 is 28.6 Å². The van der Waals surface area contributed by atoms with Crippen molar-refractivity contribution in [3.05, 3.63) is 59.6 Å². The van der Waals surface area contributed by atoms with Crippen molar-refractivity contribution in [2.24, 2.45) is 0 Å². The normalized spacial score (nSPS) is 16.9. The monoisotopic (exact) mass is 548 g/mol. The van der Waals surface area contributed by atoms with Crippen molar-refractivity contribution in [2.75, 3.05) is 38.1 Å². The quantitative estimate of drug-likeness (QED) is 0.378. The van der Waals surface area contributed by atoms with Crippen molar-refractivity contribution in [1.29, 1.82) is 0 Å². The van der Waals surface area contributed by atoms with Crippen LogP contribution in [0.4, 0.5) is 20.5 Å². The van der Waals surface area contributed by atoms with Crippen molar-refractivity contribution in [3.8, 4) is 11.3 Å². The molecule has 40 heavy (non-hydrogen) atoms. The molecule has 0 bridgehead atoms. The van der Waals surface area contributed by atoms with E-state index in [2.05, 4.69) is 44.1 Å². The molecule has 3 aromatic heterocycles. The summed E-state index contributed by atoms with van der Waals surface area (Å²) in [5, 5.41) is 17.2. The van der Waals surface area contributed by atoms with Gasteiger partial charge in [0.05, 0.1) is 11.9 Å². The maximum atomic E-state index is 15.1. The Labute approximate surface area is 229 Å². The van der Waals surface area contributed by atoms with Gasteiger partial charge in [0.25, 0.3) is 0 Å². The first kappa shape index (κ1) is 26.2. The number of amides is 1. The number of benzene rings is 1. The SMILES string of the molecule is CC1(C)CCn2nc3c(F)cc(-c4nc(Nc5ccc(CN6CCN(C(=O)CO)CC6)cn5)ncc4F)cc3c21. The topological polar surface area (TPSA) is 112 Å². The van der Waals surface area contributed by atoms with E-state index in [-0.39, 0.29) is 28.5 Å². The Morgan fingerprint density at radius 3 is 2.58 bits per heavy atom. The largest absolute Gasteiger partial charge is 0.387 e. The van der Waals surface area contributed by atoms with E-state index in [4.69, 9.17) is 5.11 Å². The molecule has 4 aromatic rings. The van der Waals surface area contributed by atoms with Crippen LogP contribution < -0.4 is 5.32 Å². The third-order valence-corrected chi connectivity index (χ3v) is 7.74. The van der Waals surface area contributed by atoms with Gasteiger partial charge in [-0.25, -0.2) is 23.7 Å². The van der Waals surface area contributed by atoms with E-state index in [0.29, 0.717) is 49.5 Å². The fourth-order valence-electron chi connectivity index (χ4n) is 5.56. The molecule has 2 N–H and O–H groups in total. The van der Waals surface area contributed by atoms with E-state index in [1.807, 2.05) is 10.7 Å². The third kappa shape index (κ3) is 4.88. The molecular formula is C28H30F2N8O2. The average Bonchev–Trinajstić information content (AvgIpc) is 3.48. The predicted octanol–water partition coefficient (Wildman–Crippen LogP) is 3.23. The molecule has 10 nitrogen and oxygen atoms in total. The van der Waals surface area contributed by atoms with Crippen LogP contribution in [0.25, 0.3) is 22.2 Å². The van der Waals surface area contributed by atoms with Crippen LogP contribution in [-0.4, -0.2) is 78.3 Å². The van der Waals surface area contributed by atoms with Crippen molar-refractivity contribution in [3.63, 3.8) is 0 Å². The average molecular weight is 549 g/mol. The Kier molecular flexibility index (Phi) is 6.67. The summed E-state index contributed by atoms with van der Waals surface area (Å²) in [5.41, 5.74) is 2.36. The molecule has 5 heterocycles. The summed E-state index contributed by atoms with van der Waals surface area (Å²) >= 11 is 0. The van der Waals surface area contributed by atoms with Gasteiger partial charge in [-0.15, -0.1) is 0 Å². The number of nitrogens with one attached hydrogen (secondary N) is 1. The van der Waals surface area contributed by atoms with Crippen molar-refractivity contribution in [2.45, 2.75) is 38.8 Å². The number of carbonyl (C=O) groups excluding carboxylic acids is 1. The van der Waals surface area contributed by atoms with E-state index >= 15 is 4.39 Å². The fraction of sp³-hybridized carbons (Fsp3) is 0.393. The number of aryl methyl sites for hydroxylation is 1. The fourth-order valence-corrected chi connectivity index (χ4v) is 5.56. The van der Waals surface area contributed by atoms with E-state index in [1.165, 1.54) is 6.07 Å². The van der Waals surface area contributed by atoms with E-state index < -0.39 is 18.2 Å². The zero-order chi connectivity index (χ0) is 28.0. The maximum Gasteiger partial charge on any atom is 0.248 e. The molecule has 12 heteroatoms. The molecular weight excluding hydrogens is 518 g/mol. The summed E-state index contributed by atoms with van der Waals surface area (Å²) < 4.78 is 31.8. The van der Waals surface area contributed by atoms with Gasteiger partial charge < -0.3 is 15.3 Å². The number of hydrogen-bond acceptors (Lipinski definition) is 8. The summed E-state index contributed by atoms with van der Waals surface area (Å²) in [7, 11) is 0. The zero-order valence-corrected chi connectivity index (χ0v) is 22.4. The van der Waals surface area contributed by atoms with Crippen LogP contribution >= 0.6 is 0 Å². The number of hydrogen-bond donors (Lipinski definition) is 2. The number of nitrogens with zero attached hydrogens (tertiary/aromatic N) is 7. The lowest BCUT2D eigenvalue weighted by Gasteiger charge is -2.34. The lowest BCUT2D eigenvalue weighted by molar-refractivity contribution is -0.136. The van der Waals surface area contributed by atoms with Gasteiger partial charge in [0, 0.05) is 61.8 Å². The Morgan fingerprint density at radius 2 is 1.85 bits per heavy atom. The van der Waals surface area contributed by atoms with Crippen LogP contribution in [0.15, 0.2) is 36.7 Å². The second-order valence-electron chi connectivity index (χ2n) is 10.9. The van der Waals surface area contributed by atoms with Gasteiger partial charge in [-0.1, -0.05) is 19.9 Å². The molecule has 1 amide bonds. The molecule has 0 atom stereocenters. The summed E-state index contributed by atoms with van der Waals surface area (Å²) in [6.07, 6.45) is 3.71. The number of halogens is 2. The molecule has 0 unspecified atom stereocenters. The molecule has 6 rings (SSSR count). The van der Waals surface area contributed by atoms with Crippen LogP contribution in [-0.2, 0) is 23.3 Å². The lowest BCUT2D eigenvalue weighted by atomic mass is 9.86. The van der Waals surface area contributed by atoms with E-state index in [1.54, 1.807) is 23.2 Å². The van der Waals surface area contributed by atoms with Crippen molar-refractivity contribution < 1.29 is 18.7 Å². The molecule has 1 aromatic carbocycles. The number of anilines is 2. The minimum atomic E-state index is -0.656. The molecule has 2 aliphatic rings. The molecule has 1 fully saturated rings. The Bertz CT molecular complexity index is 1580. The number of aliphatic hydroxyl groups excluding tert-OH is 1. The van der Waals surface area contributed by atoms with Gasteiger partial charge in [0.2, 0.25) is 11.9 Å². The van der Waals surface area contributed by atoms with Crippen LogP contribution in [0.3, 0.4) is 0 Å². The summed E-state index contributed by atoms with van der Waals surface area (Å²) in [4.78, 5) is 28.4. The second-order valence-corrected chi connectivity index (χ2v) is 10.9. The van der Waals surface area contributed by atoms with Gasteiger partial charge in [-0.2, -0.15) is 5.10 Å². The number of carbonyl (C=O) groups is 1.